The number of carbonyl (C=O) groups excluding carboxylic acids is 1. The Labute approximate surface area is 122 Å². The average Bonchev–Trinajstić information content (AvgIpc) is 2.91. The van der Waals surface area contributed by atoms with E-state index >= 15 is 0 Å². The Morgan fingerprint density at radius 1 is 1.52 bits per heavy atom. The fourth-order valence-electron chi connectivity index (χ4n) is 1.82. The number of hydrogen-bond acceptors (Lipinski definition) is 7. The van der Waals surface area contributed by atoms with Crippen LogP contribution in [0.3, 0.4) is 0 Å². The van der Waals surface area contributed by atoms with Crippen molar-refractivity contribution in [2.75, 3.05) is 19.0 Å². The molecule has 0 aliphatic rings. The average molecular weight is 293 g/mol. The second kappa shape index (κ2) is 6.04. The third-order valence-corrected chi connectivity index (χ3v) is 3.49. The summed E-state index contributed by atoms with van der Waals surface area (Å²) in [6, 6.07) is 0. The number of rotatable bonds is 6. The number of aromatic nitrogens is 4. The fourth-order valence-corrected chi connectivity index (χ4v) is 1.82. The number of hydrogen-bond donors (Lipinski definition) is 2. The van der Waals surface area contributed by atoms with Crippen molar-refractivity contribution >= 4 is 22.8 Å². The lowest BCUT2D eigenvalue weighted by Gasteiger charge is -2.27. The molecule has 0 aliphatic carbocycles. The van der Waals surface area contributed by atoms with Gasteiger partial charge in [-0.25, -0.2) is 14.6 Å². The lowest BCUT2D eigenvalue weighted by atomic mass is 10.0. The normalized spacial score (nSPS) is 13.9. The van der Waals surface area contributed by atoms with E-state index in [1.807, 2.05) is 13.8 Å². The van der Waals surface area contributed by atoms with Gasteiger partial charge in [0.05, 0.1) is 30.8 Å². The van der Waals surface area contributed by atoms with Gasteiger partial charge in [0.1, 0.15) is 18.7 Å². The van der Waals surface area contributed by atoms with Crippen LogP contribution in [0.15, 0.2) is 12.5 Å². The minimum atomic E-state index is -0.480. The Morgan fingerprint density at radius 2 is 2.29 bits per heavy atom. The highest BCUT2D eigenvalue weighted by Crippen LogP contribution is 2.23. The van der Waals surface area contributed by atoms with Crippen molar-refractivity contribution in [3.8, 4) is 0 Å². The summed E-state index contributed by atoms with van der Waals surface area (Å²) in [7, 11) is 1.32. The maximum absolute atomic E-state index is 11.4. The van der Waals surface area contributed by atoms with Gasteiger partial charge in [0, 0.05) is 0 Å². The molecule has 0 amide bonds. The van der Waals surface area contributed by atoms with E-state index in [9.17, 15) is 9.90 Å². The van der Waals surface area contributed by atoms with Gasteiger partial charge in [0.25, 0.3) is 0 Å². The molecule has 1 atom stereocenters. The molecule has 1 unspecified atom stereocenters. The van der Waals surface area contributed by atoms with Crippen molar-refractivity contribution in [3.63, 3.8) is 0 Å². The lowest BCUT2D eigenvalue weighted by molar-refractivity contribution is -0.141. The summed E-state index contributed by atoms with van der Waals surface area (Å²) >= 11 is 0. The first kappa shape index (κ1) is 15.2. The van der Waals surface area contributed by atoms with Crippen LogP contribution in [0.5, 0.6) is 0 Å². The van der Waals surface area contributed by atoms with Gasteiger partial charge in [-0.15, -0.1) is 0 Å². The second-order valence-electron chi connectivity index (χ2n) is 5.04. The van der Waals surface area contributed by atoms with Crippen molar-refractivity contribution < 1.29 is 14.6 Å². The number of anilines is 1. The number of nitrogens with one attached hydrogen (secondary N) is 1. The molecule has 0 spiro atoms. The minimum absolute atomic E-state index is 0.0124. The van der Waals surface area contributed by atoms with Crippen molar-refractivity contribution in [2.24, 2.45) is 0 Å². The van der Waals surface area contributed by atoms with Crippen LogP contribution >= 0.6 is 0 Å². The SMILES string of the molecule is CCC(C)(CO)Nc1ncnc2c1cnn2CC(=O)OC. The molecule has 0 bridgehead atoms. The predicted molar refractivity (Wildman–Crippen MR) is 76.7 cm³/mol. The van der Waals surface area contributed by atoms with E-state index in [4.69, 9.17) is 0 Å². The number of carbonyl (C=O) groups is 1. The zero-order chi connectivity index (χ0) is 15.5. The number of esters is 1. The van der Waals surface area contributed by atoms with Crippen LogP contribution in [-0.4, -0.2) is 50.1 Å². The van der Waals surface area contributed by atoms with Gasteiger partial charge in [-0.05, 0) is 13.3 Å². The van der Waals surface area contributed by atoms with E-state index in [1.54, 1.807) is 6.20 Å². The molecule has 2 aromatic rings. The molecule has 0 fully saturated rings. The molecule has 2 heterocycles. The first-order chi connectivity index (χ1) is 10.0. The molecule has 0 radical (unpaired) electrons. The summed E-state index contributed by atoms with van der Waals surface area (Å²) in [4.78, 5) is 19.7. The van der Waals surface area contributed by atoms with Gasteiger partial charge in [-0.1, -0.05) is 6.92 Å². The van der Waals surface area contributed by atoms with E-state index in [0.29, 0.717) is 16.9 Å². The zero-order valence-corrected chi connectivity index (χ0v) is 12.3. The summed E-state index contributed by atoms with van der Waals surface area (Å²) in [5.41, 5.74) is 0.0560. The summed E-state index contributed by atoms with van der Waals surface area (Å²) in [6.07, 6.45) is 3.72. The molecular weight excluding hydrogens is 274 g/mol. The van der Waals surface area contributed by atoms with Gasteiger partial charge >= 0.3 is 5.97 Å². The van der Waals surface area contributed by atoms with Crippen LogP contribution in [0.4, 0.5) is 5.82 Å². The van der Waals surface area contributed by atoms with Crippen molar-refractivity contribution in [1.82, 2.24) is 19.7 Å². The molecule has 8 nitrogen and oxygen atoms in total. The van der Waals surface area contributed by atoms with Crippen molar-refractivity contribution in [1.29, 1.82) is 0 Å². The monoisotopic (exact) mass is 293 g/mol. The number of methoxy groups -OCH3 is 1. The molecule has 8 heteroatoms. The fraction of sp³-hybridized carbons (Fsp3) is 0.538. The topological polar surface area (TPSA) is 102 Å². The molecular formula is C13H19N5O3. The van der Waals surface area contributed by atoms with Gasteiger partial charge in [-0.3, -0.25) is 4.79 Å². The van der Waals surface area contributed by atoms with Crippen LogP contribution in [0.25, 0.3) is 11.0 Å². The third-order valence-electron chi connectivity index (χ3n) is 3.49. The predicted octanol–water partition coefficient (Wildman–Crippen LogP) is 0.572. The van der Waals surface area contributed by atoms with Gasteiger partial charge in [-0.2, -0.15) is 5.10 Å². The standard InChI is InChI=1S/C13H19N5O3/c1-4-13(2,7-19)17-11-9-5-16-18(6-10(20)21-3)12(9)15-8-14-11/h5,8,19H,4,6-7H2,1-3H3,(H,14,15,17). The molecule has 0 aromatic carbocycles. The summed E-state index contributed by atoms with van der Waals surface area (Å²) in [6.45, 7) is 3.84. The van der Waals surface area contributed by atoms with E-state index in [2.05, 4.69) is 25.1 Å². The summed E-state index contributed by atoms with van der Waals surface area (Å²) in [5, 5.41) is 17.5. The van der Waals surface area contributed by atoms with Crippen LogP contribution in [-0.2, 0) is 16.1 Å². The first-order valence-electron chi connectivity index (χ1n) is 6.65. The van der Waals surface area contributed by atoms with Crippen molar-refractivity contribution in [3.05, 3.63) is 12.5 Å². The van der Waals surface area contributed by atoms with Crippen LogP contribution in [0.2, 0.25) is 0 Å². The maximum atomic E-state index is 11.4. The lowest BCUT2D eigenvalue weighted by Crippen LogP contribution is -2.38. The molecule has 2 N–H and O–H groups in total. The Morgan fingerprint density at radius 3 is 2.90 bits per heavy atom. The highest BCUT2D eigenvalue weighted by molar-refractivity contribution is 5.87. The zero-order valence-electron chi connectivity index (χ0n) is 12.3. The highest BCUT2D eigenvalue weighted by Gasteiger charge is 2.23. The van der Waals surface area contributed by atoms with Gasteiger partial charge in [0.15, 0.2) is 5.65 Å². The van der Waals surface area contributed by atoms with Crippen LogP contribution in [0, 0.1) is 0 Å². The van der Waals surface area contributed by atoms with Crippen molar-refractivity contribution in [2.45, 2.75) is 32.4 Å². The number of aliphatic hydroxyl groups is 1. The molecule has 0 saturated carbocycles. The van der Waals surface area contributed by atoms with E-state index in [0.717, 1.165) is 6.42 Å². The molecule has 2 aromatic heterocycles. The molecule has 114 valence electrons. The summed E-state index contributed by atoms with van der Waals surface area (Å²) in [5.74, 6) is 0.177. The number of fused-ring (bicyclic) bond motifs is 1. The number of ether oxygens (including phenoxy) is 1. The van der Waals surface area contributed by atoms with E-state index < -0.39 is 11.5 Å². The molecule has 0 saturated heterocycles. The Hall–Kier alpha value is -2.22. The quantitative estimate of drug-likeness (QED) is 0.751. The Bertz CT molecular complexity index is 636. The third kappa shape index (κ3) is 3.10. The van der Waals surface area contributed by atoms with Gasteiger partial charge < -0.3 is 15.2 Å². The minimum Gasteiger partial charge on any atom is -0.468 e. The molecule has 2 rings (SSSR count). The largest absolute Gasteiger partial charge is 0.468 e. The molecule has 21 heavy (non-hydrogen) atoms. The van der Waals surface area contributed by atoms with Crippen LogP contribution in [0.1, 0.15) is 20.3 Å². The first-order valence-corrected chi connectivity index (χ1v) is 6.65. The maximum Gasteiger partial charge on any atom is 0.327 e. The van der Waals surface area contributed by atoms with Crippen LogP contribution < -0.4 is 5.32 Å². The van der Waals surface area contributed by atoms with E-state index in [1.165, 1.54) is 18.1 Å². The number of nitrogens with zero attached hydrogens (tertiary/aromatic N) is 4. The Balaban J connectivity index is 2.37. The number of aliphatic hydroxyl groups excluding tert-OH is 1. The van der Waals surface area contributed by atoms with Gasteiger partial charge in [0.2, 0.25) is 0 Å². The molecule has 0 aliphatic heterocycles. The second-order valence-corrected chi connectivity index (χ2v) is 5.04. The highest BCUT2D eigenvalue weighted by atomic mass is 16.5. The Kier molecular flexibility index (Phi) is 4.37. The van der Waals surface area contributed by atoms with E-state index in [-0.39, 0.29) is 13.2 Å². The smallest absolute Gasteiger partial charge is 0.327 e. The summed E-state index contributed by atoms with van der Waals surface area (Å²) < 4.78 is 6.08.